The Kier molecular flexibility index (Phi) is 26.7. The monoisotopic (exact) mass is 526 g/mol. The van der Waals surface area contributed by atoms with Crippen LogP contribution in [0.2, 0.25) is 0 Å². The van der Waals surface area contributed by atoms with E-state index in [1.165, 1.54) is 0 Å². The number of hydrogen-bond donors (Lipinski definition) is 10. The van der Waals surface area contributed by atoms with Crippen LogP contribution in [0.1, 0.15) is 59.8 Å². The third-order valence-electron chi connectivity index (χ3n) is 4.31. The van der Waals surface area contributed by atoms with Crippen molar-refractivity contribution in [2.24, 2.45) is 46.2 Å². The molecule has 0 saturated carbocycles. The summed E-state index contributed by atoms with van der Waals surface area (Å²) in [6.07, 6.45) is 2.29. The van der Waals surface area contributed by atoms with Gasteiger partial charge in [0.25, 0.3) is 0 Å². The van der Waals surface area contributed by atoms with Crippen LogP contribution in [-0.2, 0) is 24.0 Å². The molecule has 16 N–H and O–H groups in total. The maximum absolute atomic E-state index is 10.1. The number of nitrogens with two attached hydrogens (primary N) is 6. The molecule has 0 aliphatic carbocycles. The van der Waals surface area contributed by atoms with Crippen LogP contribution in [0.5, 0.6) is 0 Å². The fourth-order valence-electron chi connectivity index (χ4n) is 1.62. The largest absolute Gasteiger partial charge is 0.480 e. The van der Waals surface area contributed by atoms with Gasteiger partial charge in [-0.05, 0) is 37.6 Å². The Morgan fingerprint density at radius 3 is 1.14 bits per heavy atom. The molecule has 0 aromatic heterocycles. The second kappa shape index (κ2) is 23.9. The van der Waals surface area contributed by atoms with Crippen LogP contribution in [-0.4, -0.2) is 80.9 Å². The lowest BCUT2D eigenvalue weighted by molar-refractivity contribution is -0.140. The quantitative estimate of drug-likeness (QED) is 0.120. The summed E-state index contributed by atoms with van der Waals surface area (Å²) in [6, 6.07) is -3.12. The molecule has 0 radical (unpaired) electrons. The Morgan fingerprint density at radius 1 is 0.611 bits per heavy atom. The molecule has 0 saturated heterocycles. The first-order chi connectivity index (χ1) is 16.3. The number of carbonyl (C=O) groups excluding carboxylic acids is 1. The minimum atomic E-state index is -1.11. The minimum Gasteiger partial charge on any atom is -0.480 e. The van der Waals surface area contributed by atoms with Crippen molar-refractivity contribution in [3.05, 3.63) is 0 Å². The first kappa shape index (κ1) is 40.3. The van der Waals surface area contributed by atoms with Crippen molar-refractivity contribution >= 4 is 29.8 Å². The number of amides is 1. The third kappa shape index (κ3) is 29.2. The Bertz CT molecular complexity index is 623. The van der Waals surface area contributed by atoms with E-state index >= 15 is 0 Å². The number of rotatable bonds is 13. The van der Waals surface area contributed by atoms with Gasteiger partial charge < -0.3 is 54.8 Å². The highest BCUT2D eigenvalue weighted by molar-refractivity contribution is 5.77. The number of carboxylic acid groups (broad SMARTS) is 4. The number of carboxylic acids is 4. The van der Waals surface area contributed by atoms with Gasteiger partial charge in [-0.3, -0.25) is 24.0 Å². The van der Waals surface area contributed by atoms with Gasteiger partial charge in [0.2, 0.25) is 5.91 Å². The molecule has 214 valence electrons. The summed E-state index contributed by atoms with van der Waals surface area (Å²) >= 11 is 0. The lowest BCUT2D eigenvalue weighted by Gasteiger charge is -2.07. The van der Waals surface area contributed by atoms with Crippen LogP contribution in [0.15, 0.2) is 0 Å². The summed E-state index contributed by atoms with van der Waals surface area (Å²) < 4.78 is 0. The summed E-state index contributed by atoms with van der Waals surface area (Å²) in [5, 5.41) is 33.0. The molecular weight excluding hydrogens is 480 g/mol. The van der Waals surface area contributed by atoms with Crippen LogP contribution >= 0.6 is 0 Å². The van der Waals surface area contributed by atoms with E-state index in [4.69, 9.17) is 54.8 Å². The molecule has 4 atom stereocenters. The molecule has 36 heavy (non-hydrogen) atoms. The number of aliphatic carboxylic acids is 4. The van der Waals surface area contributed by atoms with E-state index in [1.807, 2.05) is 0 Å². The molecule has 0 aromatic carbocycles. The van der Waals surface area contributed by atoms with Crippen molar-refractivity contribution in [3.8, 4) is 0 Å². The zero-order valence-electron chi connectivity index (χ0n) is 21.5. The summed E-state index contributed by atoms with van der Waals surface area (Å²) in [5.41, 5.74) is 30.5. The van der Waals surface area contributed by atoms with Gasteiger partial charge in [0.15, 0.2) is 0 Å². The molecule has 1 unspecified atom stereocenters. The maximum Gasteiger partial charge on any atom is 0.320 e. The highest BCUT2D eigenvalue weighted by atomic mass is 16.4. The third-order valence-corrected chi connectivity index (χ3v) is 4.31. The average Bonchev–Trinajstić information content (AvgIpc) is 2.77. The van der Waals surface area contributed by atoms with Gasteiger partial charge in [-0.15, -0.1) is 0 Å². The predicted molar refractivity (Wildman–Crippen MR) is 133 cm³/mol. The first-order valence-corrected chi connectivity index (χ1v) is 11.2. The lowest BCUT2D eigenvalue weighted by Crippen LogP contribution is -2.34. The summed E-state index contributed by atoms with van der Waals surface area (Å²) in [6.45, 7) is 7.71. The van der Waals surface area contributed by atoms with E-state index in [2.05, 4.69) is 0 Å². The van der Waals surface area contributed by atoms with E-state index in [0.717, 1.165) is 12.8 Å². The van der Waals surface area contributed by atoms with Gasteiger partial charge in [-0.1, -0.05) is 34.1 Å². The fraction of sp³-hybridized carbons (Fsp3) is 0.762. The molecule has 0 fully saturated rings. The van der Waals surface area contributed by atoms with Crippen molar-refractivity contribution in [2.75, 3.05) is 6.54 Å². The standard InChI is InChI=1S/C6H14N2O2.C5H10N2O3.2C5H11NO2/c7-4-2-1-3-5(8)6(9)10;6-3(5(9)10)1-2-4(7)8;2*1-3(2)4(6)5(7)8/h5H,1-4,7-8H2,(H,9,10);3H,1-2,6H2,(H2,7,8)(H,9,10);2*3-4H,6H2,1-2H3,(H,7,8)/t5-;3-;4-;/m000./s1. The van der Waals surface area contributed by atoms with Crippen LogP contribution in [0, 0.1) is 11.8 Å². The Hall–Kier alpha value is -2.85. The Labute approximate surface area is 211 Å². The number of unbranched alkanes of at least 4 members (excludes halogenated alkanes) is 1. The van der Waals surface area contributed by atoms with Crippen LogP contribution in [0.3, 0.4) is 0 Å². The Balaban J connectivity index is -0.000000191. The number of hydrogen-bond acceptors (Lipinski definition) is 10. The summed E-state index contributed by atoms with van der Waals surface area (Å²) in [7, 11) is 0. The van der Waals surface area contributed by atoms with E-state index in [1.54, 1.807) is 27.7 Å². The summed E-state index contributed by atoms with van der Waals surface area (Å²) in [4.78, 5) is 50.3. The van der Waals surface area contributed by atoms with E-state index in [0.29, 0.717) is 13.0 Å². The van der Waals surface area contributed by atoms with Crippen molar-refractivity contribution in [3.63, 3.8) is 0 Å². The second-order valence-corrected chi connectivity index (χ2v) is 8.39. The predicted octanol–water partition coefficient (Wildman–Crippen LogP) is -1.70. The normalized spacial score (nSPS) is 13.3. The van der Waals surface area contributed by atoms with Gasteiger partial charge in [0.05, 0.1) is 0 Å². The molecule has 0 heterocycles. The zero-order valence-corrected chi connectivity index (χ0v) is 21.5. The van der Waals surface area contributed by atoms with Crippen molar-refractivity contribution in [1.82, 2.24) is 0 Å². The molecule has 0 bridgehead atoms. The van der Waals surface area contributed by atoms with Gasteiger partial charge >= 0.3 is 23.9 Å². The van der Waals surface area contributed by atoms with E-state index < -0.39 is 54.0 Å². The van der Waals surface area contributed by atoms with Gasteiger partial charge in [-0.2, -0.15) is 0 Å². The van der Waals surface area contributed by atoms with Crippen molar-refractivity contribution in [2.45, 2.75) is 84.0 Å². The number of primary amides is 1. The van der Waals surface area contributed by atoms with Gasteiger partial charge in [0, 0.05) is 6.42 Å². The Morgan fingerprint density at radius 2 is 0.944 bits per heavy atom. The fourth-order valence-corrected chi connectivity index (χ4v) is 1.62. The lowest BCUT2D eigenvalue weighted by atomic mass is 10.1. The molecular formula is C21H46N6O9. The first-order valence-electron chi connectivity index (χ1n) is 11.2. The van der Waals surface area contributed by atoms with E-state index in [-0.39, 0.29) is 24.7 Å². The molecule has 15 heteroatoms. The van der Waals surface area contributed by atoms with Crippen molar-refractivity contribution in [1.29, 1.82) is 0 Å². The molecule has 1 amide bonds. The van der Waals surface area contributed by atoms with Crippen LogP contribution < -0.4 is 34.4 Å². The van der Waals surface area contributed by atoms with Gasteiger partial charge in [-0.25, -0.2) is 0 Å². The minimum absolute atomic E-state index is 0.0208. The van der Waals surface area contributed by atoms with Crippen molar-refractivity contribution < 1.29 is 44.4 Å². The average molecular weight is 527 g/mol. The zero-order chi connectivity index (χ0) is 29.6. The highest BCUT2D eigenvalue weighted by Gasteiger charge is 2.15. The number of carbonyl (C=O) groups is 5. The SMILES string of the molecule is CC(C)C(N)C(=O)O.CC(C)[C@H](N)C(=O)O.NC(=O)CC[C@H](N)C(=O)O.NCCCC[C@H](N)C(=O)O. The highest BCUT2D eigenvalue weighted by Crippen LogP contribution is 1.98. The molecule has 15 nitrogen and oxygen atoms in total. The smallest absolute Gasteiger partial charge is 0.320 e. The topological polar surface area (TPSA) is 322 Å². The molecule has 0 aromatic rings. The molecule has 0 rings (SSSR count). The van der Waals surface area contributed by atoms with Gasteiger partial charge in [0.1, 0.15) is 24.2 Å². The molecule has 0 aliphatic rings. The van der Waals surface area contributed by atoms with Crippen LogP contribution in [0.4, 0.5) is 0 Å². The van der Waals surface area contributed by atoms with E-state index in [9.17, 15) is 24.0 Å². The maximum atomic E-state index is 10.1. The summed E-state index contributed by atoms with van der Waals surface area (Å²) in [5.74, 6) is -4.39. The molecule has 0 spiro atoms. The van der Waals surface area contributed by atoms with Crippen LogP contribution in [0.25, 0.3) is 0 Å². The molecule has 0 aliphatic heterocycles. The second-order valence-electron chi connectivity index (χ2n) is 8.39.